The molecule has 108 valence electrons. The molecule has 0 bridgehead atoms. The lowest BCUT2D eigenvalue weighted by atomic mass is 9.87. The zero-order valence-electron chi connectivity index (χ0n) is 13.0. The lowest BCUT2D eigenvalue weighted by molar-refractivity contribution is 0.313. The Labute approximate surface area is 117 Å². The van der Waals surface area contributed by atoms with E-state index in [-0.39, 0.29) is 0 Å². The molecule has 0 fully saturated rings. The Bertz CT molecular complexity index is 390. The fourth-order valence-corrected chi connectivity index (χ4v) is 2.78. The summed E-state index contributed by atoms with van der Waals surface area (Å²) >= 11 is 0. The van der Waals surface area contributed by atoms with Gasteiger partial charge in [-0.3, -0.25) is 0 Å². The van der Waals surface area contributed by atoms with Crippen molar-refractivity contribution in [3.63, 3.8) is 0 Å². The van der Waals surface area contributed by atoms with E-state index in [0.717, 1.165) is 17.9 Å². The molecule has 19 heavy (non-hydrogen) atoms. The Morgan fingerprint density at radius 2 is 1.68 bits per heavy atom. The van der Waals surface area contributed by atoms with Gasteiger partial charge in [-0.15, -0.1) is 0 Å². The normalized spacial score (nSPS) is 14.3. The molecule has 3 nitrogen and oxygen atoms in total. The summed E-state index contributed by atoms with van der Waals surface area (Å²) in [7, 11) is 5.38. The minimum atomic E-state index is 0.521. The standard InChI is InChI=1S/C16H27NO2/c1-11(2)16(17-4)12(3)9-13-7-8-14(18-5)15(10-13)19-6/h7-8,10-12,16-17H,9H2,1-6H3. The Balaban J connectivity index is 2.81. The minimum Gasteiger partial charge on any atom is -0.493 e. The molecule has 0 amide bonds. The molecule has 1 aromatic carbocycles. The minimum absolute atomic E-state index is 0.521. The zero-order valence-corrected chi connectivity index (χ0v) is 13.0. The SMILES string of the molecule is CNC(C(C)C)C(C)Cc1ccc(OC)c(OC)c1. The van der Waals surface area contributed by atoms with Gasteiger partial charge in [-0.1, -0.05) is 26.8 Å². The van der Waals surface area contributed by atoms with E-state index in [1.54, 1.807) is 14.2 Å². The van der Waals surface area contributed by atoms with Gasteiger partial charge in [0.2, 0.25) is 0 Å². The third-order valence-electron chi connectivity index (χ3n) is 3.67. The molecule has 0 radical (unpaired) electrons. The van der Waals surface area contributed by atoms with Crippen LogP contribution in [0, 0.1) is 11.8 Å². The molecule has 0 spiro atoms. The summed E-state index contributed by atoms with van der Waals surface area (Å²) in [5.41, 5.74) is 1.28. The molecule has 2 atom stereocenters. The average molecular weight is 265 g/mol. The molecule has 1 rings (SSSR count). The highest BCUT2D eigenvalue weighted by Crippen LogP contribution is 2.29. The molecule has 2 unspecified atom stereocenters. The average Bonchev–Trinajstić information content (AvgIpc) is 2.38. The van der Waals surface area contributed by atoms with Crippen molar-refractivity contribution in [2.45, 2.75) is 33.2 Å². The van der Waals surface area contributed by atoms with Crippen LogP contribution in [0.5, 0.6) is 11.5 Å². The predicted octanol–water partition coefficient (Wildman–Crippen LogP) is 3.13. The summed E-state index contributed by atoms with van der Waals surface area (Å²) in [5.74, 6) is 2.79. The van der Waals surface area contributed by atoms with Crippen LogP contribution in [-0.4, -0.2) is 27.3 Å². The maximum Gasteiger partial charge on any atom is 0.160 e. The summed E-state index contributed by atoms with van der Waals surface area (Å²) in [4.78, 5) is 0. The third-order valence-corrected chi connectivity index (χ3v) is 3.67. The Morgan fingerprint density at radius 1 is 1.05 bits per heavy atom. The predicted molar refractivity (Wildman–Crippen MR) is 80.1 cm³/mol. The van der Waals surface area contributed by atoms with Crippen molar-refractivity contribution in [1.82, 2.24) is 5.32 Å². The van der Waals surface area contributed by atoms with E-state index in [4.69, 9.17) is 9.47 Å². The second-order valence-corrected chi connectivity index (χ2v) is 5.43. The first-order chi connectivity index (χ1) is 9.03. The van der Waals surface area contributed by atoms with Gasteiger partial charge in [-0.25, -0.2) is 0 Å². The van der Waals surface area contributed by atoms with Crippen LogP contribution in [0.15, 0.2) is 18.2 Å². The lowest BCUT2D eigenvalue weighted by Gasteiger charge is -2.27. The maximum atomic E-state index is 5.35. The van der Waals surface area contributed by atoms with Crippen LogP contribution in [-0.2, 0) is 6.42 Å². The fraction of sp³-hybridized carbons (Fsp3) is 0.625. The summed E-state index contributed by atoms with van der Waals surface area (Å²) in [6.07, 6.45) is 1.03. The molecule has 1 aromatic rings. The number of rotatable bonds is 7. The van der Waals surface area contributed by atoms with E-state index in [9.17, 15) is 0 Å². The first-order valence-corrected chi connectivity index (χ1v) is 6.91. The van der Waals surface area contributed by atoms with Crippen LogP contribution >= 0.6 is 0 Å². The van der Waals surface area contributed by atoms with Gasteiger partial charge in [0.05, 0.1) is 14.2 Å². The highest BCUT2D eigenvalue weighted by atomic mass is 16.5. The molecular formula is C16H27NO2. The van der Waals surface area contributed by atoms with Crippen LogP contribution in [0.3, 0.4) is 0 Å². The van der Waals surface area contributed by atoms with Gasteiger partial charge in [0.15, 0.2) is 11.5 Å². The quantitative estimate of drug-likeness (QED) is 0.821. The van der Waals surface area contributed by atoms with Crippen LogP contribution in [0.2, 0.25) is 0 Å². The topological polar surface area (TPSA) is 30.5 Å². The van der Waals surface area contributed by atoms with Crippen LogP contribution < -0.4 is 14.8 Å². The van der Waals surface area contributed by atoms with Crippen LogP contribution in [0.1, 0.15) is 26.3 Å². The number of benzene rings is 1. The summed E-state index contributed by atoms with van der Waals surface area (Å²) < 4.78 is 10.6. The van der Waals surface area contributed by atoms with E-state index in [1.165, 1.54) is 5.56 Å². The molecule has 0 saturated carbocycles. The maximum absolute atomic E-state index is 5.35. The smallest absolute Gasteiger partial charge is 0.160 e. The van der Waals surface area contributed by atoms with Gasteiger partial charge >= 0.3 is 0 Å². The van der Waals surface area contributed by atoms with Crippen LogP contribution in [0.4, 0.5) is 0 Å². The summed E-state index contributed by atoms with van der Waals surface area (Å²) in [6, 6.07) is 6.69. The van der Waals surface area contributed by atoms with E-state index >= 15 is 0 Å². The zero-order chi connectivity index (χ0) is 14.4. The lowest BCUT2D eigenvalue weighted by Crippen LogP contribution is -2.37. The van der Waals surface area contributed by atoms with Crippen molar-refractivity contribution in [1.29, 1.82) is 0 Å². The molecule has 0 aromatic heterocycles. The molecule has 1 N–H and O–H groups in total. The summed E-state index contributed by atoms with van der Waals surface area (Å²) in [6.45, 7) is 6.80. The number of ether oxygens (including phenoxy) is 2. The molecule has 0 aliphatic carbocycles. The van der Waals surface area contributed by atoms with Crippen molar-refractivity contribution in [3.8, 4) is 11.5 Å². The van der Waals surface area contributed by atoms with E-state index in [1.807, 2.05) is 13.1 Å². The Morgan fingerprint density at radius 3 is 2.16 bits per heavy atom. The highest BCUT2D eigenvalue weighted by molar-refractivity contribution is 5.43. The van der Waals surface area contributed by atoms with Gasteiger partial charge in [-0.05, 0) is 43.0 Å². The van der Waals surface area contributed by atoms with Crippen molar-refractivity contribution in [3.05, 3.63) is 23.8 Å². The second kappa shape index (κ2) is 7.39. The monoisotopic (exact) mass is 265 g/mol. The molecular weight excluding hydrogens is 238 g/mol. The van der Waals surface area contributed by atoms with Crippen molar-refractivity contribution < 1.29 is 9.47 Å². The van der Waals surface area contributed by atoms with Gasteiger partial charge in [0, 0.05) is 6.04 Å². The molecule has 0 aliphatic heterocycles. The number of nitrogens with one attached hydrogen (secondary N) is 1. The first kappa shape index (κ1) is 15.8. The second-order valence-electron chi connectivity index (χ2n) is 5.43. The van der Waals surface area contributed by atoms with Gasteiger partial charge in [-0.2, -0.15) is 0 Å². The highest BCUT2D eigenvalue weighted by Gasteiger charge is 2.19. The first-order valence-electron chi connectivity index (χ1n) is 6.91. The van der Waals surface area contributed by atoms with E-state index in [0.29, 0.717) is 17.9 Å². The van der Waals surface area contributed by atoms with Gasteiger partial charge < -0.3 is 14.8 Å². The number of hydrogen-bond donors (Lipinski definition) is 1. The van der Waals surface area contributed by atoms with E-state index < -0.39 is 0 Å². The Hall–Kier alpha value is -1.22. The van der Waals surface area contributed by atoms with Crippen LogP contribution in [0.25, 0.3) is 0 Å². The largest absolute Gasteiger partial charge is 0.493 e. The molecule has 0 aliphatic rings. The van der Waals surface area contributed by atoms with E-state index in [2.05, 4.69) is 38.2 Å². The fourth-order valence-electron chi connectivity index (χ4n) is 2.78. The third kappa shape index (κ3) is 4.13. The molecule has 0 saturated heterocycles. The van der Waals surface area contributed by atoms with Crippen molar-refractivity contribution in [2.24, 2.45) is 11.8 Å². The molecule has 3 heteroatoms. The van der Waals surface area contributed by atoms with Gasteiger partial charge in [0.25, 0.3) is 0 Å². The van der Waals surface area contributed by atoms with Gasteiger partial charge in [0.1, 0.15) is 0 Å². The number of hydrogen-bond acceptors (Lipinski definition) is 3. The Kier molecular flexibility index (Phi) is 6.16. The van der Waals surface area contributed by atoms with Crippen molar-refractivity contribution in [2.75, 3.05) is 21.3 Å². The van der Waals surface area contributed by atoms with Crippen molar-refractivity contribution >= 4 is 0 Å². The number of methoxy groups -OCH3 is 2. The summed E-state index contributed by atoms with van der Waals surface area (Å²) in [5, 5.41) is 3.42. The molecule has 0 heterocycles.